The number of nitrogens with one attached hydrogen (secondary N) is 1. The monoisotopic (exact) mass is 258 g/mol. The quantitative estimate of drug-likeness (QED) is 0.867. The second-order valence-electron chi connectivity index (χ2n) is 3.86. The van der Waals surface area contributed by atoms with Gasteiger partial charge in [0.05, 0.1) is 11.3 Å². The molecule has 18 heavy (non-hydrogen) atoms. The molecule has 0 aliphatic rings. The first-order chi connectivity index (χ1) is 8.60. The van der Waals surface area contributed by atoms with Gasteiger partial charge in [0.1, 0.15) is 6.07 Å². The number of nitrogen functional groups attached to an aromatic ring is 1. The number of nitriles is 1. The lowest BCUT2D eigenvalue weighted by atomic mass is 10.2. The molecule has 0 saturated carbocycles. The molecule has 0 radical (unpaired) electrons. The van der Waals surface area contributed by atoms with E-state index in [4.69, 9.17) is 22.6 Å². The number of pyridine rings is 1. The normalized spacial score (nSPS) is 9.83. The summed E-state index contributed by atoms with van der Waals surface area (Å²) in [6.07, 6.45) is 1.47. The predicted molar refractivity (Wildman–Crippen MR) is 72.8 cm³/mol. The van der Waals surface area contributed by atoms with Crippen molar-refractivity contribution in [2.24, 2.45) is 0 Å². The van der Waals surface area contributed by atoms with E-state index in [2.05, 4.69) is 10.3 Å². The Balaban J connectivity index is 2.34. The fraction of sp³-hybridized carbons (Fsp3) is 0.0769. The molecule has 0 atom stereocenters. The minimum absolute atomic E-state index is 0.424. The van der Waals surface area contributed by atoms with Crippen LogP contribution in [-0.2, 0) is 0 Å². The lowest BCUT2D eigenvalue weighted by Crippen LogP contribution is -2.01. The molecule has 0 spiro atoms. The number of nitrogens with two attached hydrogens (primary N) is 1. The van der Waals surface area contributed by atoms with Crippen molar-refractivity contribution in [3.8, 4) is 6.07 Å². The third kappa shape index (κ3) is 2.53. The van der Waals surface area contributed by atoms with Gasteiger partial charge in [0, 0.05) is 16.9 Å². The zero-order valence-corrected chi connectivity index (χ0v) is 10.5. The maximum absolute atomic E-state index is 8.74. The summed E-state index contributed by atoms with van der Waals surface area (Å²) in [6.45, 7) is 1.96. The Labute approximate surface area is 110 Å². The van der Waals surface area contributed by atoms with E-state index in [1.54, 1.807) is 12.1 Å². The first kappa shape index (κ1) is 12.2. The van der Waals surface area contributed by atoms with E-state index in [-0.39, 0.29) is 0 Å². The average molecular weight is 259 g/mol. The highest BCUT2D eigenvalue weighted by atomic mass is 35.5. The third-order valence-electron chi connectivity index (χ3n) is 2.50. The third-order valence-corrected chi connectivity index (χ3v) is 2.73. The van der Waals surface area contributed by atoms with Crippen LogP contribution < -0.4 is 11.1 Å². The fourth-order valence-corrected chi connectivity index (χ4v) is 1.68. The number of benzene rings is 1. The Kier molecular flexibility index (Phi) is 3.35. The van der Waals surface area contributed by atoms with Crippen LogP contribution in [0.5, 0.6) is 0 Å². The highest BCUT2D eigenvalue weighted by Gasteiger charge is 2.05. The standard InChI is InChI=1S/C13H11ClN4/c1-8-2-3-10(14)5-12(8)18-13-11(16)4-9(6-15)7-17-13/h2-5,7H,16H2,1H3,(H,17,18). The number of anilines is 3. The number of rotatable bonds is 2. The minimum Gasteiger partial charge on any atom is -0.396 e. The van der Waals surface area contributed by atoms with Crippen molar-refractivity contribution in [2.75, 3.05) is 11.1 Å². The summed E-state index contributed by atoms with van der Waals surface area (Å²) >= 11 is 5.94. The van der Waals surface area contributed by atoms with E-state index in [0.717, 1.165) is 11.3 Å². The topological polar surface area (TPSA) is 74.7 Å². The van der Waals surface area contributed by atoms with E-state index >= 15 is 0 Å². The van der Waals surface area contributed by atoms with E-state index < -0.39 is 0 Å². The van der Waals surface area contributed by atoms with Crippen LogP contribution in [0.2, 0.25) is 5.02 Å². The first-order valence-corrected chi connectivity index (χ1v) is 5.67. The van der Waals surface area contributed by atoms with Gasteiger partial charge in [-0.1, -0.05) is 17.7 Å². The van der Waals surface area contributed by atoms with Gasteiger partial charge in [-0.2, -0.15) is 5.26 Å². The van der Waals surface area contributed by atoms with E-state index in [9.17, 15) is 0 Å². The molecule has 4 nitrogen and oxygen atoms in total. The van der Waals surface area contributed by atoms with Crippen LogP contribution in [-0.4, -0.2) is 4.98 Å². The van der Waals surface area contributed by atoms with Crippen LogP contribution in [0.25, 0.3) is 0 Å². The van der Waals surface area contributed by atoms with Crippen LogP contribution in [0, 0.1) is 18.3 Å². The molecule has 0 aliphatic carbocycles. The Morgan fingerprint density at radius 1 is 1.39 bits per heavy atom. The minimum atomic E-state index is 0.424. The van der Waals surface area contributed by atoms with Gasteiger partial charge in [0.15, 0.2) is 5.82 Å². The van der Waals surface area contributed by atoms with Crippen molar-refractivity contribution < 1.29 is 0 Å². The Morgan fingerprint density at radius 2 is 2.17 bits per heavy atom. The van der Waals surface area contributed by atoms with Crippen molar-refractivity contribution in [1.82, 2.24) is 4.98 Å². The number of aryl methyl sites for hydroxylation is 1. The molecular weight excluding hydrogens is 248 g/mol. The van der Waals surface area contributed by atoms with E-state index in [1.165, 1.54) is 6.20 Å². The zero-order chi connectivity index (χ0) is 13.1. The summed E-state index contributed by atoms with van der Waals surface area (Å²) < 4.78 is 0. The van der Waals surface area contributed by atoms with Gasteiger partial charge in [-0.05, 0) is 30.7 Å². The Morgan fingerprint density at radius 3 is 2.83 bits per heavy atom. The molecule has 1 aromatic heterocycles. The molecule has 0 bridgehead atoms. The summed E-state index contributed by atoms with van der Waals surface area (Å²) in [5, 5.41) is 12.5. The Hall–Kier alpha value is -2.25. The molecule has 3 N–H and O–H groups in total. The summed E-state index contributed by atoms with van der Waals surface area (Å²) in [5.41, 5.74) is 8.55. The van der Waals surface area contributed by atoms with Crippen LogP contribution in [0.1, 0.15) is 11.1 Å². The fourth-order valence-electron chi connectivity index (χ4n) is 1.50. The van der Waals surface area contributed by atoms with Crippen molar-refractivity contribution in [1.29, 1.82) is 5.26 Å². The van der Waals surface area contributed by atoms with Crippen LogP contribution >= 0.6 is 11.6 Å². The van der Waals surface area contributed by atoms with Crippen LogP contribution in [0.4, 0.5) is 17.2 Å². The average Bonchev–Trinajstić information content (AvgIpc) is 2.36. The van der Waals surface area contributed by atoms with Crippen molar-refractivity contribution in [3.05, 3.63) is 46.6 Å². The van der Waals surface area contributed by atoms with Crippen molar-refractivity contribution >= 4 is 28.8 Å². The molecule has 0 amide bonds. The van der Waals surface area contributed by atoms with Gasteiger partial charge >= 0.3 is 0 Å². The second-order valence-corrected chi connectivity index (χ2v) is 4.29. The molecular formula is C13H11ClN4. The van der Waals surface area contributed by atoms with Gasteiger partial charge < -0.3 is 11.1 Å². The van der Waals surface area contributed by atoms with Gasteiger partial charge in [-0.15, -0.1) is 0 Å². The first-order valence-electron chi connectivity index (χ1n) is 5.29. The van der Waals surface area contributed by atoms with E-state index in [0.29, 0.717) is 22.1 Å². The number of nitrogens with zero attached hydrogens (tertiary/aromatic N) is 2. The smallest absolute Gasteiger partial charge is 0.153 e. The molecule has 0 aliphatic heterocycles. The number of halogens is 1. The molecule has 1 heterocycles. The second kappa shape index (κ2) is 4.94. The summed E-state index contributed by atoms with van der Waals surface area (Å²) in [5.74, 6) is 0.513. The van der Waals surface area contributed by atoms with Crippen molar-refractivity contribution in [3.63, 3.8) is 0 Å². The summed E-state index contributed by atoms with van der Waals surface area (Å²) in [6, 6.07) is 9.09. The molecule has 90 valence electrons. The Bertz CT molecular complexity index is 631. The molecule has 0 saturated heterocycles. The van der Waals surface area contributed by atoms with Gasteiger partial charge in [-0.3, -0.25) is 0 Å². The predicted octanol–water partition coefficient (Wildman–Crippen LogP) is 3.24. The summed E-state index contributed by atoms with van der Waals surface area (Å²) in [4.78, 5) is 4.11. The number of hydrogen-bond donors (Lipinski definition) is 2. The number of aromatic nitrogens is 1. The maximum atomic E-state index is 8.74. The number of hydrogen-bond acceptors (Lipinski definition) is 4. The zero-order valence-electron chi connectivity index (χ0n) is 9.74. The molecule has 1 aromatic carbocycles. The molecule has 0 fully saturated rings. The van der Waals surface area contributed by atoms with Crippen LogP contribution in [0.3, 0.4) is 0 Å². The maximum Gasteiger partial charge on any atom is 0.153 e. The molecule has 2 rings (SSSR count). The van der Waals surface area contributed by atoms with Crippen LogP contribution in [0.15, 0.2) is 30.5 Å². The van der Waals surface area contributed by atoms with Gasteiger partial charge in [0.2, 0.25) is 0 Å². The van der Waals surface area contributed by atoms with E-state index in [1.807, 2.05) is 25.1 Å². The largest absolute Gasteiger partial charge is 0.396 e. The van der Waals surface area contributed by atoms with Gasteiger partial charge in [-0.25, -0.2) is 4.98 Å². The van der Waals surface area contributed by atoms with Gasteiger partial charge in [0.25, 0.3) is 0 Å². The molecule has 5 heteroatoms. The lowest BCUT2D eigenvalue weighted by Gasteiger charge is -2.11. The highest BCUT2D eigenvalue weighted by Crippen LogP contribution is 2.26. The molecule has 2 aromatic rings. The van der Waals surface area contributed by atoms with Crippen molar-refractivity contribution in [2.45, 2.75) is 6.92 Å². The molecule has 0 unspecified atom stereocenters. The lowest BCUT2D eigenvalue weighted by molar-refractivity contribution is 1.28. The highest BCUT2D eigenvalue weighted by molar-refractivity contribution is 6.30. The summed E-state index contributed by atoms with van der Waals surface area (Å²) in [7, 11) is 0. The SMILES string of the molecule is Cc1ccc(Cl)cc1Nc1ncc(C#N)cc1N.